The Kier molecular flexibility index (Phi) is 4.66. The van der Waals surface area contributed by atoms with Crippen molar-refractivity contribution in [2.75, 3.05) is 33.4 Å². The van der Waals surface area contributed by atoms with Gasteiger partial charge in [-0.05, 0) is 36.8 Å². The van der Waals surface area contributed by atoms with Gasteiger partial charge in [0.2, 0.25) is 0 Å². The highest BCUT2D eigenvalue weighted by Crippen LogP contribution is 2.39. The Hall–Kier alpha value is -1.56. The quantitative estimate of drug-likeness (QED) is 0.941. The average Bonchev–Trinajstić information content (AvgIpc) is 2.84. The predicted molar refractivity (Wildman–Crippen MR) is 88.9 cm³/mol. The molecule has 1 aliphatic rings. The van der Waals surface area contributed by atoms with Gasteiger partial charge in [0.15, 0.2) is 11.5 Å². The first-order chi connectivity index (χ1) is 10.7. The Labute approximate surface area is 134 Å². The van der Waals surface area contributed by atoms with E-state index in [4.69, 9.17) is 9.47 Å². The van der Waals surface area contributed by atoms with Crippen molar-refractivity contribution in [3.63, 3.8) is 0 Å². The molecule has 0 saturated carbocycles. The molecule has 0 saturated heterocycles. The van der Waals surface area contributed by atoms with Gasteiger partial charge in [-0.25, -0.2) is 0 Å². The van der Waals surface area contributed by atoms with E-state index in [0.717, 1.165) is 35.7 Å². The number of thiophene rings is 1. The summed E-state index contributed by atoms with van der Waals surface area (Å²) < 4.78 is 11.4. The average molecular weight is 319 g/mol. The fourth-order valence-electron chi connectivity index (χ4n) is 2.75. The molecule has 2 aromatic rings. The molecule has 118 valence electrons. The maximum Gasteiger partial charge on any atom is 0.165 e. The van der Waals surface area contributed by atoms with Crippen LogP contribution in [0, 0.1) is 6.92 Å². The van der Waals surface area contributed by atoms with Gasteiger partial charge in [0.05, 0.1) is 13.7 Å². The molecule has 1 aromatic heterocycles. The summed E-state index contributed by atoms with van der Waals surface area (Å²) in [4.78, 5) is 4.73. The molecular formula is C17H21NO3S. The van der Waals surface area contributed by atoms with Crippen LogP contribution in [0.25, 0.3) is 10.4 Å². The molecule has 1 aliphatic heterocycles. The van der Waals surface area contributed by atoms with Crippen LogP contribution in [0.1, 0.15) is 10.4 Å². The van der Waals surface area contributed by atoms with Crippen molar-refractivity contribution in [1.82, 2.24) is 4.90 Å². The fourth-order valence-corrected chi connectivity index (χ4v) is 3.61. The number of nitrogens with zero attached hydrogens (tertiary/aromatic N) is 1. The van der Waals surface area contributed by atoms with E-state index in [0.29, 0.717) is 13.2 Å². The summed E-state index contributed by atoms with van der Waals surface area (Å²) in [5.74, 6) is 1.62. The molecule has 0 fully saturated rings. The number of benzene rings is 1. The zero-order valence-electron chi connectivity index (χ0n) is 13.0. The van der Waals surface area contributed by atoms with Crippen molar-refractivity contribution in [3.05, 3.63) is 34.7 Å². The van der Waals surface area contributed by atoms with Crippen LogP contribution in [0.15, 0.2) is 24.3 Å². The molecule has 22 heavy (non-hydrogen) atoms. The number of methoxy groups -OCH3 is 1. The SMILES string of the molecule is COc1cc(-c2ccc(C)s2)cc2c1OCCN(CCO)C2. The highest BCUT2D eigenvalue weighted by Gasteiger charge is 2.20. The lowest BCUT2D eigenvalue weighted by Gasteiger charge is -2.18. The number of fused-ring (bicyclic) bond motifs is 1. The number of hydrogen-bond acceptors (Lipinski definition) is 5. The summed E-state index contributed by atoms with van der Waals surface area (Å²) in [6.45, 7) is 5.13. The van der Waals surface area contributed by atoms with Gasteiger partial charge >= 0.3 is 0 Å². The zero-order valence-corrected chi connectivity index (χ0v) is 13.8. The second kappa shape index (κ2) is 6.69. The first-order valence-electron chi connectivity index (χ1n) is 7.45. The molecule has 2 heterocycles. The molecule has 0 aliphatic carbocycles. The second-order valence-corrected chi connectivity index (χ2v) is 6.71. The predicted octanol–water partition coefficient (Wildman–Crippen LogP) is 2.92. The van der Waals surface area contributed by atoms with Crippen LogP contribution in [0.4, 0.5) is 0 Å². The van der Waals surface area contributed by atoms with Crippen molar-refractivity contribution >= 4 is 11.3 Å². The van der Waals surface area contributed by atoms with E-state index in [1.165, 1.54) is 9.75 Å². The summed E-state index contributed by atoms with van der Waals surface area (Å²) in [5.41, 5.74) is 2.27. The van der Waals surface area contributed by atoms with Crippen molar-refractivity contribution in [1.29, 1.82) is 0 Å². The maximum atomic E-state index is 9.19. The number of aryl methyl sites for hydroxylation is 1. The van der Waals surface area contributed by atoms with Crippen molar-refractivity contribution in [3.8, 4) is 21.9 Å². The molecular weight excluding hydrogens is 298 g/mol. The number of ether oxygens (including phenoxy) is 2. The molecule has 5 heteroatoms. The van der Waals surface area contributed by atoms with Gasteiger partial charge < -0.3 is 14.6 Å². The lowest BCUT2D eigenvalue weighted by Crippen LogP contribution is -2.28. The van der Waals surface area contributed by atoms with Crippen LogP contribution in [-0.2, 0) is 6.54 Å². The Morgan fingerprint density at radius 3 is 2.91 bits per heavy atom. The van der Waals surface area contributed by atoms with Crippen molar-refractivity contribution in [2.24, 2.45) is 0 Å². The van der Waals surface area contributed by atoms with Crippen molar-refractivity contribution in [2.45, 2.75) is 13.5 Å². The summed E-state index contributed by atoms with van der Waals surface area (Å²) >= 11 is 1.78. The molecule has 3 rings (SSSR count). The van der Waals surface area contributed by atoms with Gasteiger partial charge in [0.25, 0.3) is 0 Å². The number of β-amino-alcohol motifs (C(OH)–C–C–N with tert-alkyl or cyclic N) is 1. The lowest BCUT2D eigenvalue weighted by atomic mass is 10.1. The molecule has 0 spiro atoms. The Morgan fingerprint density at radius 2 is 2.23 bits per heavy atom. The summed E-state index contributed by atoms with van der Waals surface area (Å²) in [6.07, 6.45) is 0. The Bertz CT molecular complexity index is 653. The van der Waals surface area contributed by atoms with Crippen LogP contribution in [0.5, 0.6) is 11.5 Å². The zero-order chi connectivity index (χ0) is 15.5. The third kappa shape index (κ3) is 3.11. The topological polar surface area (TPSA) is 41.9 Å². The summed E-state index contributed by atoms with van der Waals surface area (Å²) in [6, 6.07) is 8.50. The van der Waals surface area contributed by atoms with E-state index in [-0.39, 0.29) is 6.61 Å². The minimum Gasteiger partial charge on any atom is -0.493 e. The Morgan fingerprint density at radius 1 is 1.36 bits per heavy atom. The third-order valence-corrected chi connectivity index (χ3v) is 4.89. The molecule has 0 unspecified atom stereocenters. The van der Waals surface area contributed by atoms with Gasteiger partial charge in [-0.3, -0.25) is 4.90 Å². The molecule has 0 amide bonds. The molecule has 0 atom stereocenters. The van der Waals surface area contributed by atoms with Gasteiger partial charge in [0.1, 0.15) is 6.61 Å². The first kappa shape index (κ1) is 15.3. The minimum absolute atomic E-state index is 0.163. The van der Waals surface area contributed by atoms with Gasteiger partial charge in [-0.1, -0.05) is 0 Å². The number of hydrogen-bond donors (Lipinski definition) is 1. The van der Waals surface area contributed by atoms with Crippen LogP contribution in [0.3, 0.4) is 0 Å². The van der Waals surface area contributed by atoms with Crippen LogP contribution < -0.4 is 9.47 Å². The number of aliphatic hydroxyl groups is 1. The molecule has 1 aromatic carbocycles. The summed E-state index contributed by atoms with van der Waals surface area (Å²) in [5, 5.41) is 9.19. The molecule has 0 bridgehead atoms. The molecule has 1 N–H and O–H groups in total. The van der Waals surface area contributed by atoms with E-state index < -0.39 is 0 Å². The molecule has 0 radical (unpaired) electrons. The van der Waals surface area contributed by atoms with E-state index in [2.05, 4.69) is 30.0 Å². The van der Waals surface area contributed by atoms with E-state index in [9.17, 15) is 5.11 Å². The third-order valence-electron chi connectivity index (χ3n) is 3.84. The maximum absolute atomic E-state index is 9.19. The largest absolute Gasteiger partial charge is 0.493 e. The van der Waals surface area contributed by atoms with E-state index >= 15 is 0 Å². The van der Waals surface area contributed by atoms with Crippen LogP contribution in [0.2, 0.25) is 0 Å². The molecule has 4 nitrogen and oxygen atoms in total. The van der Waals surface area contributed by atoms with Crippen molar-refractivity contribution < 1.29 is 14.6 Å². The van der Waals surface area contributed by atoms with Crippen LogP contribution >= 0.6 is 11.3 Å². The monoisotopic (exact) mass is 319 g/mol. The highest BCUT2D eigenvalue weighted by molar-refractivity contribution is 7.15. The summed E-state index contributed by atoms with van der Waals surface area (Å²) in [7, 11) is 1.68. The minimum atomic E-state index is 0.163. The van der Waals surface area contributed by atoms with E-state index in [1.807, 2.05) is 6.07 Å². The fraction of sp³-hybridized carbons (Fsp3) is 0.412. The number of rotatable bonds is 4. The normalized spacial score (nSPS) is 15.0. The second-order valence-electron chi connectivity index (χ2n) is 5.43. The first-order valence-corrected chi connectivity index (χ1v) is 8.26. The Balaban J connectivity index is 2.02. The lowest BCUT2D eigenvalue weighted by molar-refractivity contribution is 0.176. The van der Waals surface area contributed by atoms with Gasteiger partial charge in [0, 0.05) is 35.0 Å². The van der Waals surface area contributed by atoms with E-state index in [1.54, 1.807) is 18.4 Å². The highest BCUT2D eigenvalue weighted by atomic mass is 32.1. The standard InChI is InChI=1S/C17H21NO3S/c1-12-3-4-16(22-12)13-9-14-11-18(5-7-19)6-8-21-17(14)15(10-13)20-2/h3-4,9-10,19H,5-8,11H2,1-2H3. The van der Waals surface area contributed by atoms with Gasteiger partial charge in [-0.2, -0.15) is 0 Å². The van der Waals surface area contributed by atoms with Gasteiger partial charge in [-0.15, -0.1) is 11.3 Å². The number of aliphatic hydroxyl groups excluding tert-OH is 1. The van der Waals surface area contributed by atoms with Crippen LogP contribution in [-0.4, -0.2) is 43.4 Å². The smallest absolute Gasteiger partial charge is 0.165 e.